The van der Waals surface area contributed by atoms with Crippen molar-refractivity contribution in [3.05, 3.63) is 18.1 Å². The number of aromatic nitrogens is 2. The minimum Gasteiger partial charge on any atom is -0.391 e. The molecule has 0 saturated carbocycles. The summed E-state index contributed by atoms with van der Waals surface area (Å²) in [6.45, 7) is 4.44. The third-order valence-corrected chi connectivity index (χ3v) is 1.92. The van der Waals surface area contributed by atoms with Crippen LogP contribution in [0.2, 0.25) is 0 Å². The second-order valence-electron chi connectivity index (χ2n) is 3.31. The van der Waals surface area contributed by atoms with E-state index in [2.05, 4.69) is 22.2 Å². The lowest BCUT2D eigenvalue weighted by Crippen LogP contribution is -2.19. The van der Waals surface area contributed by atoms with Crippen molar-refractivity contribution in [2.24, 2.45) is 0 Å². The average Bonchev–Trinajstić information content (AvgIpc) is 2.15. The molecule has 2 N–H and O–H groups in total. The molecule has 0 aliphatic heterocycles. The fourth-order valence-electron chi connectivity index (χ4n) is 1.21. The van der Waals surface area contributed by atoms with Gasteiger partial charge >= 0.3 is 0 Å². The first-order valence-electron chi connectivity index (χ1n) is 4.94. The lowest BCUT2D eigenvalue weighted by Gasteiger charge is -2.10. The van der Waals surface area contributed by atoms with E-state index in [9.17, 15) is 5.11 Å². The number of aliphatic hydroxyl groups is 1. The summed E-state index contributed by atoms with van der Waals surface area (Å²) in [5, 5.41) is 12.5. The summed E-state index contributed by atoms with van der Waals surface area (Å²) in [6, 6.07) is 1.80. The number of hydrogen-bond acceptors (Lipinski definition) is 4. The maximum atomic E-state index is 9.47. The number of anilines is 1. The largest absolute Gasteiger partial charge is 0.391 e. The summed E-state index contributed by atoms with van der Waals surface area (Å²) >= 11 is 0. The van der Waals surface area contributed by atoms with Gasteiger partial charge in [0.2, 0.25) is 0 Å². The van der Waals surface area contributed by atoms with Crippen molar-refractivity contribution in [1.82, 2.24) is 9.97 Å². The Kier molecular flexibility index (Phi) is 4.32. The fraction of sp³-hybridized carbons (Fsp3) is 0.600. The predicted octanol–water partition coefficient (Wildman–Crippen LogP) is 1.36. The minimum absolute atomic E-state index is 0.296. The minimum atomic E-state index is -0.296. The van der Waals surface area contributed by atoms with Crippen molar-refractivity contribution < 1.29 is 5.11 Å². The lowest BCUT2D eigenvalue weighted by molar-refractivity contribution is 0.176. The normalized spacial score (nSPS) is 12.5. The molecule has 1 atom stereocenters. The Morgan fingerprint density at radius 1 is 1.57 bits per heavy atom. The third-order valence-electron chi connectivity index (χ3n) is 1.92. The topological polar surface area (TPSA) is 58.0 Å². The number of rotatable bonds is 5. The molecule has 14 heavy (non-hydrogen) atoms. The molecular weight excluding hydrogens is 178 g/mol. The van der Waals surface area contributed by atoms with Crippen molar-refractivity contribution in [3.63, 3.8) is 0 Å². The molecule has 1 rings (SSSR count). The highest BCUT2D eigenvalue weighted by molar-refractivity contribution is 5.32. The van der Waals surface area contributed by atoms with Crippen LogP contribution < -0.4 is 5.32 Å². The SMILES string of the molecule is CCCC(O)CNc1ccnc(C)n1. The van der Waals surface area contributed by atoms with Crippen LogP contribution in [0.4, 0.5) is 5.82 Å². The van der Waals surface area contributed by atoms with Gasteiger partial charge in [-0.25, -0.2) is 9.97 Å². The molecule has 0 bridgehead atoms. The van der Waals surface area contributed by atoms with Gasteiger partial charge in [0.25, 0.3) is 0 Å². The van der Waals surface area contributed by atoms with E-state index in [0.717, 1.165) is 24.5 Å². The van der Waals surface area contributed by atoms with Gasteiger partial charge in [-0.2, -0.15) is 0 Å². The molecule has 0 saturated heterocycles. The van der Waals surface area contributed by atoms with Gasteiger partial charge in [-0.1, -0.05) is 13.3 Å². The van der Waals surface area contributed by atoms with Crippen LogP contribution in [0.25, 0.3) is 0 Å². The number of hydrogen-bond donors (Lipinski definition) is 2. The van der Waals surface area contributed by atoms with Crippen molar-refractivity contribution in [2.45, 2.75) is 32.8 Å². The van der Waals surface area contributed by atoms with E-state index in [1.807, 2.05) is 6.92 Å². The van der Waals surface area contributed by atoms with Crippen LogP contribution in [-0.2, 0) is 0 Å². The summed E-state index contributed by atoms with van der Waals surface area (Å²) in [4.78, 5) is 8.16. The van der Waals surface area contributed by atoms with E-state index in [0.29, 0.717) is 6.54 Å². The molecule has 0 aliphatic rings. The first-order valence-corrected chi connectivity index (χ1v) is 4.94. The second-order valence-corrected chi connectivity index (χ2v) is 3.31. The van der Waals surface area contributed by atoms with Gasteiger partial charge in [0.1, 0.15) is 11.6 Å². The van der Waals surface area contributed by atoms with Crippen molar-refractivity contribution in [1.29, 1.82) is 0 Å². The molecule has 4 nitrogen and oxygen atoms in total. The van der Waals surface area contributed by atoms with E-state index in [1.165, 1.54) is 0 Å². The van der Waals surface area contributed by atoms with E-state index in [4.69, 9.17) is 0 Å². The van der Waals surface area contributed by atoms with Gasteiger partial charge < -0.3 is 10.4 Å². The highest BCUT2D eigenvalue weighted by atomic mass is 16.3. The molecule has 4 heteroatoms. The van der Waals surface area contributed by atoms with Gasteiger partial charge in [0, 0.05) is 12.7 Å². The van der Waals surface area contributed by atoms with Crippen LogP contribution in [0, 0.1) is 6.92 Å². The molecule has 1 unspecified atom stereocenters. The first kappa shape index (κ1) is 10.9. The number of aliphatic hydroxyl groups excluding tert-OH is 1. The average molecular weight is 195 g/mol. The third kappa shape index (κ3) is 3.70. The van der Waals surface area contributed by atoms with Gasteiger partial charge in [-0.05, 0) is 19.4 Å². The zero-order valence-corrected chi connectivity index (χ0v) is 8.70. The Labute approximate surface area is 84.4 Å². The first-order chi connectivity index (χ1) is 6.72. The number of nitrogens with zero attached hydrogens (tertiary/aromatic N) is 2. The Morgan fingerprint density at radius 3 is 3.00 bits per heavy atom. The molecule has 0 fully saturated rings. The summed E-state index contributed by atoms with van der Waals surface area (Å²) in [5.74, 6) is 1.51. The number of nitrogens with one attached hydrogen (secondary N) is 1. The van der Waals surface area contributed by atoms with Crippen LogP contribution in [0.5, 0.6) is 0 Å². The lowest BCUT2D eigenvalue weighted by atomic mass is 10.2. The van der Waals surface area contributed by atoms with Crippen molar-refractivity contribution in [3.8, 4) is 0 Å². The van der Waals surface area contributed by atoms with E-state index in [1.54, 1.807) is 12.3 Å². The van der Waals surface area contributed by atoms with Crippen LogP contribution in [0.1, 0.15) is 25.6 Å². The van der Waals surface area contributed by atoms with Crippen LogP contribution >= 0.6 is 0 Å². The molecule has 0 aliphatic carbocycles. The summed E-state index contributed by atoms with van der Waals surface area (Å²) in [7, 11) is 0. The zero-order valence-electron chi connectivity index (χ0n) is 8.70. The molecule has 1 heterocycles. The Morgan fingerprint density at radius 2 is 2.36 bits per heavy atom. The summed E-state index contributed by atoms with van der Waals surface area (Å²) < 4.78 is 0. The van der Waals surface area contributed by atoms with Crippen molar-refractivity contribution >= 4 is 5.82 Å². The number of aryl methyl sites for hydroxylation is 1. The molecule has 0 radical (unpaired) electrons. The van der Waals surface area contributed by atoms with Gasteiger partial charge in [-0.15, -0.1) is 0 Å². The van der Waals surface area contributed by atoms with Crippen molar-refractivity contribution in [2.75, 3.05) is 11.9 Å². The monoisotopic (exact) mass is 195 g/mol. The highest BCUT2D eigenvalue weighted by Gasteiger charge is 2.02. The standard InChI is InChI=1S/C10H17N3O/c1-3-4-9(14)7-12-10-5-6-11-8(2)13-10/h5-6,9,14H,3-4,7H2,1-2H3,(H,11,12,13). The second kappa shape index (κ2) is 5.54. The fourth-order valence-corrected chi connectivity index (χ4v) is 1.21. The molecule has 0 amide bonds. The van der Waals surface area contributed by atoms with Crippen LogP contribution in [0.15, 0.2) is 12.3 Å². The highest BCUT2D eigenvalue weighted by Crippen LogP contribution is 2.02. The van der Waals surface area contributed by atoms with Gasteiger partial charge in [0.05, 0.1) is 6.10 Å². The summed E-state index contributed by atoms with van der Waals surface area (Å²) in [6.07, 6.45) is 3.22. The predicted molar refractivity (Wildman–Crippen MR) is 56.2 cm³/mol. The Bertz CT molecular complexity index is 278. The van der Waals surface area contributed by atoms with E-state index >= 15 is 0 Å². The molecule has 1 aromatic rings. The quantitative estimate of drug-likeness (QED) is 0.744. The maximum absolute atomic E-state index is 9.47. The van der Waals surface area contributed by atoms with E-state index in [-0.39, 0.29) is 6.10 Å². The van der Waals surface area contributed by atoms with E-state index < -0.39 is 0 Å². The van der Waals surface area contributed by atoms with Crippen LogP contribution in [-0.4, -0.2) is 27.7 Å². The molecule has 78 valence electrons. The van der Waals surface area contributed by atoms with Gasteiger partial charge in [-0.3, -0.25) is 0 Å². The smallest absolute Gasteiger partial charge is 0.129 e. The summed E-state index contributed by atoms with van der Waals surface area (Å²) in [5.41, 5.74) is 0. The molecule has 0 aromatic carbocycles. The van der Waals surface area contributed by atoms with Crippen LogP contribution in [0.3, 0.4) is 0 Å². The van der Waals surface area contributed by atoms with Gasteiger partial charge in [0.15, 0.2) is 0 Å². The molecule has 0 spiro atoms. The molecule has 1 aromatic heterocycles. The maximum Gasteiger partial charge on any atom is 0.129 e. The Balaban J connectivity index is 2.37. The zero-order chi connectivity index (χ0) is 10.4. The Hall–Kier alpha value is -1.16. The molecular formula is C10H17N3O.